The molecule has 3 rings (SSSR count). The van der Waals surface area contributed by atoms with E-state index in [1.165, 1.54) is 43.6 Å². The zero-order valence-electron chi connectivity index (χ0n) is 19.5. The van der Waals surface area contributed by atoms with Crippen molar-refractivity contribution in [1.82, 2.24) is 4.98 Å². The molecule has 178 valence electrons. The van der Waals surface area contributed by atoms with Gasteiger partial charge in [-0.05, 0) is 53.3 Å². The van der Waals surface area contributed by atoms with Gasteiger partial charge in [0, 0.05) is 18.3 Å². The molecule has 0 fully saturated rings. The second-order valence-electron chi connectivity index (χ2n) is 9.04. The molecule has 0 saturated heterocycles. The van der Waals surface area contributed by atoms with Crippen molar-refractivity contribution in [3.63, 3.8) is 0 Å². The first-order valence-corrected chi connectivity index (χ1v) is 11.1. The number of nitrogens with zero attached hydrogens (tertiary/aromatic N) is 1. The zero-order chi connectivity index (χ0) is 25.1. The Balaban J connectivity index is 2.27. The summed E-state index contributed by atoms with van der Waals surface area (Å²) >= 11 is 0. The number of aliphatic carboxylic acids is 1. The Morgan fingerprint density at radius 3 is 2.15 bits per heavy atom. The number of rotatable bonds is 9. The van der Waals surface area contributed by atoms with Gasteiger partial charge in [0.15, 0.2) is 0 Å². The molecular formula is C28H30FNO4. The zero-order valence-corrected chi connectivity index (χ0v) is 19.5. The van der Waals surface area contributed by atoms with Crippen LogP contribution >= 0.6 is 0 Å². The van der Waals surface area contributed by atoms with E-state index in [1.54, 1.807) is 50.2 Å². The molecule has 0 bridgehead atoms. The molecule has 34 heavy (non-hydrogen) atoms. The maximum absolute atomic E-state index is 13.8. The van der Waals surface area contributed by atoms with Crippen LogP contribution in [0.2, 0.25) is 0 Å². The van der Waals surface area contributed by atoms with Gasteiger partial charge >= 0.3 is 5.97 Å². The van der Waals surface area contributed by atoms with E-state index in [4.69, 9.17) is 0 Å². The number of benzene rings is 2. The fraction of sp³-hybridized carbons (Fsp3) is 0.286. The Kier molecular flexibility index (Phi) is 7.34. The molecule has 0 aliphatic heterocycles. The van der Waals surface area contributed by atoms with Crippen molar-refractivity contribution in [3.8, 4) is 0 Å². The topological polar surface area (TPSA) is 90.7 Å². The third-order valence-corrected chi connectivity index (χ3v) is 6.75. The number of halogens is 1. The van der Waals surface area contributed by atoms with Crippen molar-refractivity contribution in [3.05, 3.63) is 108 Å². The molecule has 6 heteroatoms. The minimum absolute atomic E-state index is 0.302. The summed E-state index contributed by atoms with van der Waals surface area (Å²) in [4.78, 5) is 17.0. The quantitative estimate of drug-likeness (QED) is 0.424. The average Bonchev–Trinajstić information content (AvgIpc) is 2.81. The van der Waals surface area contributed by atoms with E-state index in [9.17, 15) is 24.5 Å². The maximum Gasteiger partial charge on any atom is 0.317 e. The highest BCUT2D eigenvalue weighted by Gasteiger charge is 2.56. The van der Waals surface area contributed by atoms with Crippen molar-refractivity contribution in [2.24, 2.45) is 5.92 Å². The Labute approximate surface area is 199 Å². The molecule has 0 saturated carbocycles. The van der Waals surface area contributed by atoms with Gasteiger partial charge in [0.05, 0.1) is 11.7 Å². The van der Waals surface area contributed by atoms with E-state index in [-0.39, 0.29) is 0 Å². The smallest absolute Gasteiger partial charge is 0.317 e. The standard InChI is InChI=1S/C28H30FNO4/c1-18(2)28(26(32)33,22-11-8-16-30-17-22)25(31)24(21-12-14-23(29)15-13-21)27(4,34)19(3)20-9-6-5-7-10-20/h5-18,24-25,31,34H,3H2,1-2,4H3,(H,32,33). The molecule has 0 amide bonds. The van der Waals surface area contributed by atoms with Crippen LogP contribution in [0.3, 0.4) is 0 Å². The van der Waals surface area contributed by atoms with Gasteiger partial charge in [-0.25, -0.2) is 4.39 Å². The number of carbonyl (C=O) groups is 1. The molecule has 0 aliphatic carbocycles. The van der Waals surface area contributed by atoms with Crippen molar-refractivity contribution in [2.45, 2.75) is 43.8 Å². The molecule has 4 atom stereocenters. The third kappa shape index (κ3) is 4.39. The van der Waals surface area contributed by atoms with Gasteiger partial charge in [0.25, 0.3) is 0 Å². The molecule has 0 radical (unpaired) electrons. The van der Waals surface area contributed by atoms with Gasteiger partial charge in [-0.2, -0.15) is 0 Å². The number of hydrogen-bond acceptors (Lipinski definition) is 4. The first-order chi connectivity index (χ1) is 16.0. The molecule has 4 unspecified atom stereocenters. The van der Waals surface area contributed by atoms with Crippen LogP contribution in [0.25, 0.3) is 5.57 Å². The monoisotopic (exact) mass is 463 g/mol. The Hall–Kier alpha value is -3.35. The summed E-state index contributed by atoms with van der Waals surface area (Å²) in [5, 5.41) is 34.4. The molecule has 1 heterocycles. The van der Waals surface area contributed by atoms with Crippen molar-refractivity contribution in [2.75, 3.05) is 0 Å². The van der Waals surface area contributed by atoms with Crippen LogP contribution in [-0.2, 0) is 10.2 Å². The van der Waals surface area contributed by atoms with Gasteiger partial charge in [0.2, 0.25) is 0 Å². The molecule has 3 aromatic rings. The van der Waals surface area contributed by atoms with Crippen LogP contribution in [-0.4, -0.2) is 38.0 Å². The lowest BCUT2D eigenvalue weighted by molar-refractivity contribution is -0.154. The van der Waals surface area contributed by atoms with Gasteiger partial charge in [0.1, 0.15) is 11.2 Å². The maximum atomic E-state index is 13.8. The number of aliphatic hydroxyl groups excluding tert-OH is 1. The van der Waals surface area contributed by atoms with E-state index < -0.39 is 40.7 Å². The first-order valence-electron chi connectivity index (χ1n) is 11.1. The Morgan fingerprint density at radius 1 is 1.03 bits per heavy atom. The number of carboxylic acid groups (broad SMARTS) is 1. The molecule has 1 aromatic heterocycles. The van der Waals surface area contributed by atoms with Gasteiger partial charge in [-0.15, -0.1) is 0 Å². The minimum Gasteiger partial charge on any atom is -0.480 e. The van der Waals surface area contributed by atoms with E-state index in [0.29, 0.717) is 22.3 Å². The fourth-order valence-corrected chi connectivity index (χ4v) is 4.82. The van der Waals surface area contributed by atoms with E-state index in [2.05, 4.69) is 11.6 Å². The SMILES string of the molecule is C=C(c1ccccc1)C(C)(O)C(c1ccc(F)cc1)C(O)C(C(=O)O)(c1cccnc1)C(C)C. The third-order valence-electron chi connectivity index (χ3n) is 6.75. The summed E-state index contributed by atoms with van der Waals surface area (Å²) < 4.78 is 13.8. The van der Waals surface area contributed by atoms with Crippen molar-refractivity contribution < 1.29 is 24.5 Å². The van der Waals surface area contributed by atoms with Crippen LogP contribution in [0, 0.1) is 11.7 Å². The summed E-state index contributed by atoms with van der Waals surface area (Å²) in [5.41, 5.74) is -2.00. The second kappa shape index (κ2) is 9.87. The summed E-state index contributed by atoms with van der Waals surface area (Å²) in [6.07, 6.45) is 1.31. The predicted molar refractivity (Wildman–Crippen MR) is 130 cm³/mol. The number of aliphatic hydroxyl groups is 2. The largest absolute Gasteiger partial charge is 0.480 e. The lowest BCUT2D eigenvalue weighted by Gasteiger charge is -2.46. The molecule has 3 N–H and O–H groups in total. The van der Waals surface area contributed by atoms with Gasteiger partial charge < -0.3 is 15.3 Å². The van der Waals surface area contributed by atoms with Crippen LogP contribution in [0.15, 0.2) is 85.7 Å². The lowest BCUT2D eigenvalue weighted by atomic mass is 9.60. The molecular weight excluding hydrogens is 433 g/mol. The molecule has 2 aromatic carbocycles. The minimum atomic E-state index is -1.83. The lowest BCUT2D eigenvalue weighted by Crippen LogP contribution is -2.57. The summed E-state index contributed by atoms with van der Waals surface area (Å²) in [6.45, 7) is 8.99. The number of pyridine rings is 1. The summed E-state index contributed by atoms with van der Waals surface area (Å²) in [7, 11) is 0. The molecule has 0 aliphatic rings. The van der Waals surface area contributed by atoms with Crippen molar-refractivity contribution >= 4 is 11.5 Å². The van der Waals surface area contributed by atoms with Gasteiger partial charge in [-0.1, -0.05) is 69.0 Å². The number of carboxylic acids is 1. The Morgan fingerprint density at radius 2 is 1.65 bits per heavy atom. The predicted octanol–water partition coefficient (Wildman–Crippen LogP) is 4.81. The molecule has 5 nitrogen and oxygen atoms in total. The van der Waals surface area contributed by atoms with E-state index >= 15 is 0 Å². The highest BCUT2D eigenvalue weighted by atomic mass is 19.1. The number of aromatic nitrogens is 1. The van der Waals surface area contributed by atoms with Gasteiger partial charge in [-0.3, -0.25) is 9.78 Å². The first kappa shape index (κ1) is 25.3. The summed E-state index contributed by atoms with van der Waals surface area (Å²) in [6, 6.07) is 17.5. The number of hydrogen-bond donors (Lipinski definition) is 3. The van der Waals surface area contributed by atoms with Crippen LogP contribution in [0.4, 0.5) is 4.39 Å². The molecule has 0 spiro atoms. The highest BCUT2D eigenvalue weighted by Crippen LogP contribution is 2.48. The second-order valence-corrected chi connectivity index (χ2v) is 9.04. The normalized spacial score (nSPS) is 16.8. The van der Waals surface area contributed by atoms with E-state index in [0.717, 1.165) is 0 Å². The Bertz CT molecular complexity index is 1130. The highest BCUT2D eigenvalue weighted by molar-refractivity contribution is 5.83. The van der Waals surface area contributed by atoms with Crippen LogP contribution in [0.1, 0.15) is 43.4 Å². The fourth-order valence-electron chi connectivity index (χ4n) is 4.82. The average molecular weight is 464 g/mol. The van der Waals surface area contributed by atoms with Crippen LogP contribution in [0.5, 0.6) is 0 Å². The van der Waals surface area contributed by atoms with E-state index in [1.807, 2.05) is 6.07 Å². The summed E-state index contributed by atoms with van der Waals surface area (Å²) in [5.74, 6) is -3.50. The van der Waals surface area contributed by atoms with Crippen LogP contribution < -0.4 is 0 Å². The van der Waals surface area contributed by atoms with Crippen molar-refractivity contribution in [1.29, 1.82) is 0 Å².